The van der Waals surface area contributed by atoms with Crippen LogP contribution >= 0.6 is 0 Å². The number of carbonyl (C=O) groups excluding carboxylic acids is 5. The molecule has 0 saturated heterocycles. The molecule has 0 aromatic carbocycles. The highest BCUT2D eigenvalue weighted by atomic mass is 16.6. The molecule has 12 saturated carbocycles. The van der Waals surface area contributed by atoms with Gasteiger partial charge in [0.1, 0.15) is 23.4 Å². The highest BCUT2D eigenvalue weighted by Crippen LogP contribution is 2.68. The maximum absolute atomic E-state index is 13.2. The third kappa shape index (κ3) is 13.7. The lowest BCUT2D eigenvalue weighted by Gasteiger charge is -2.65. The molecule has 12 aliphatic carbocycles. The van der Waals surface area contributed by atoms with Crippen LogP contribution in [-0.2, 0) is 61.9 Å². The first-order chi connectivity index (χ1) is 39.3. The maximum atomic E-state index is 13.2. The van der Waals surface area contributed by atoms with Gasteiger partial charge in [-0.3, -0.25) is 19.2 Å². The van der Waals surface area contributed by atoms with Crippen molar-refractivity contribution in [1.82, 2.24) is 0 Å². The fourth-order valence-electron chi connectivity index (χ4n) is 19.2. The molecule has 0 amide bonds. The van der Waals surface area contributed by atoms with Crippen molar-refractivity contribution in [2.24, 2.45) is 104 Å². The lowest BCUT2D eigenvalue weighted by atomic mass is 9.44. The molecule has 13 heteroatoms. The standard InChI is InChI=1S/C25H42O5.C24H40O5.C22H38O3/c1-7-23(3,4)22(27)29-10-9-21(26)30-25(24(5,6)16-28-8-2)19-12-17-11-18(14-19)15-20(25)13-17;1-7-22(3,4)21(26)28-14-20(25)29-24(23(5,6)15-27-8-2)18-10-16-9-17(12-18)13-19(24)11-16;1-7-20(3,4)19(23)25-22(21(5,6)14-24-8-2)17-10-15-9-16(12-17)13-18(22)11-15/h17-20H,7-16H2,1-6H3;16-19H,7-15H2,1-6H3;15-18H,7-14H2,1-6H3. The molecular formula is C71H120O13. The van der Waals surface area contributed by atoms with Crippen molar-refractivity contribution in [2.45, 2.75) is 263 Å². The predicted octanol–water partition coefficient (Wildman–Crippen LogP) is 15.1. The zero-order valence-electron chi connectivity index (χ0n) is 56.3. The van der Waals surface area contributed by atoms with Gasteiger partial charge in [0.2, 0.25) is 0 Å². The minimum absolute atomic E-state index is 0.00736. The third-order valence-corrected chi connectivity index (χ3v) is 24.2. The van der Waals surface area contributed by atoms with E-state index in [2.05, 4.69) is 48.5 Å². The largest absolute Gasteiger partial charge is 0.465 e. The van der Waals surface area contributed by atoms with Gasteiger partial charge in [-0.1, -0.05) is 62.3 Å². The summed E-state index contributed by atoms with van der Waals surface area (Å²) in [5.41, 5.74) is -3.55. The van der Waals surface area contributed by atoms with Crippen molar-refractivity contribution >= 4 is 29.8 Å². The Bertz CT molecular complexity index is 2170. The van der Waals surface area contributed by atoms with E-state index >= 15 is 0 Å². The summed E-state index contributed by atoms with van der Waals surface area (Å²) >= 11 is 0. The van der Waals surface area contributed by atoms with Crippen LogP contribution in [0.2, 0.25) is 0 Å². The first-order valence-corrected chi connectivity index (χ1v) is 34.0. The van der Waals surface area contributed by atoms with E-state index in [4.69, 9.17) is 37.9 Å². The van der Waals surface area contributed by atoms with E-state index in [0.29, 0.717) is 88.0 Å². The van der Waals surface area contributed by atoms with Crippen LogP contribution in [0.15, 0.2) is 0 Å². The van der Waals surface area contributed by atoms with Gasteiger partial charge in [-0.2, -0.15) is 0 Å². The summed E-state index contributed by atoms with van der Waals surface area (Å²) < 4.78 is 47.8. The molecule has 0 aromatic heterocycles. The van der Waals surface area contributed by atoms with E-state index < -0.39 is 33.4 Å². The molecule has 0 aliphatic heterocycles. The van der Waals surface area contributed by atoms with Crippen molar-refractivity contribution < 1.29 is 61.9 Å². The summed E-state index contributed by atoms with van der Waals surface area (Å²) in [6, 6.07) is 0. The molecule has 0 spiro atoms. The molecule has 0 aromatic rings. The summed E-state index contributed by atoms with van der Waals surface area (Å²) in [7, 11) is 0. The molecule has 12 bridgehead atoms. The molecule has 0 atom stereocenters. The van der Waals surface area contributed by atoms with E-state index in [1.54, 1.807) is 0 Å². The van der Waals surface area contributed by atoms with Crippen LogP contribution in [-0.4, -0.2) is 99.5 Å². The summed E-state index contributed by atoms with van der Waals surface area (Å²) in [6.45, 7) is 40.5. The van der Waals surface area contributed by atoms with Crippen LogP contribution in [0.1, 0.15) is 247 Å². The number of rotatable bonds is 26. The van der Waals surface area contributed by atoms with E-state index in [9.17, 15) is 24.0 Å². The maximum Gasteiger partial charge on any atom is 0.344 e. The van der Waals surface area contributed by atoms with Gasteiger partial charge in [0, 0.05) is 71.6 Å². The van der Waals surface area contributed by atoms with Crippen molar-refractivity contribution in [2.75, 3.05) is 52.9 Å². The van der Waals surface area contributed by atoms with E-state index in [-0.39, 0.29) is 65.4 Å². The Hall–Kier alpha value is -2.77. The Balaban J connectivity index is 0.000000182. The zero-order chi connectivity index (χ0) is 62.1. The van der Waals surface area contributed by atoms with E-state index in [1.807, 2.05) is 76.2 Å². The molecule has 0 unspecified atom stereocenters. The first-order valence-electron chi connectivity index (χ1n) is 34.0. The SMILES string of the molecule is CCOCC(C)(C)C1(OC(=O)C(C)(C)CC)C2CC3CC(C2)CC1C3.CCOCC(C)(C)C1(OC(=O)CCOC(=O)C(C)(C)CC)C2CC3CC(C2)CC1C3.CCOCC(C)(C)C1(OC(=O)COC(=O)C(C)(C)CC)C2CC3CC(C2)CC1C3. The van der Waals surface area contributed by atoms with Gasteiger partial charge in [0.05, 0.1) is 42.5 Å². The van der Waals surface area contributed by atoms with Crippen molar-refractivity contribution in [3.63, 3.8) is 0 Å². The Morgan fingerprint density at radius 3 is 0.893 bits per heavy atom. The second-order valence-corrected chi connectivity index (χ2v) is 32.4. The molecule has 0 heterocycles. The fraction of sp³-hybridized carbons (Fsp3) is 0.930. The highest BCUT2D eigenvalue weighted by molar-refractivity contribution is 5.80. The number of carbonyl (C=O) groups is 5. The Morgan fingerprint density at radius 1 is 0.345 bits per heavy atom. The summed E-state index contributed by atoms with van der Waals surface area (Å²) in [6.07, 6.45) is 20.6. The van der Waals surface area contributed by atoms with Gasteiger partial charge in [-0.05, 0) is 213 Å². The van der Waals surface area contributed by atoms with Crippen LogP contribution in [0.4, 0.5) is 0 Å². The van der Waals surface area contributed by atoms with Gasteiger partial charge in [-0.25, -0.2) is 4.79 Å². The van der Waals surface area contributed by atoms with Gasteiger partial charge in [-0.15, -0.1) is 0 Å². The topological polar surface area (TPSA) is 159 Å². The number of hydrogen-bond acceptors (Lipinski definition) is 13. The number of hydrogen-bond donors (Lipinski definition) is 0. The molecule has 12 fully saturated rings. The minimum Gasteiger partial charge on any atom is -0.465 e. The Morgan fingerprint density at radius 2 is 0.607 bits per heavy atom. The molecule has 84 heavy (non-hydrogen) atoms. The lowest BCUT2D eigenvalue weighted by molar-refractivity contribution is -0.260. The van der Waals surface area contributed by atoms with Crippen LogP contribution in [0.3, 0.4) is 0 Å². The highest BCUT2D eigenvalue weighted by Gasteiger charge is 2.69. The van der Waals surface area contributed by atoms with Crippen LogP contribution < -0.4 is 0 Å². The second kappa shape index (κ2) is 26.7. The summed E-state index contributed by atoms with van der Waals surface area (Å²) in [5, 5.41) is 0. The Kier molecular flexibility index (Phi) is 21.9. The molecule has 12 aliphatic rings. The van der Waals surface area contributed by atoms with Gasteiger partial charge in [0.25, 0.3) is 0 Å². The zero-order valence-corrected chi connectivity index (χ0v) is 56.3. The quantitative estimate of drug-likeness (QED) is 0.0595. The van der Waals surface area contributed by atoms with Gasteiger partial charge in [0.15, 0.2) is 6.61 Å². The number of esters is 5. The molecule has 0 N–H and O–H groups in total. The monoisotopic (exact) mass is 1180 g/mol. The van der Waals surface area contributed by atoms with Crippen LogP contribution in [0.25, 0.3) is 0 Å². The van der Waals surface area contributed by atoms with Crippen molar-refractivity contribution in [1.29, 1.82) is 0 Å². The number of ether oxygens (including phenoxy) is 8. The summed E-state index contributed by atoms with van der Waals surface area (Å²) in [5.74, 6) is 6.18. The Labute approximate surface area is 509 Å². The van der Waals surface area contributed by atoms with E-state index in [1.165, 1.54) is 44.9 Å². The van der Waals surface area contributed by atoms with Gasteiger partial charge >= 0.3 is 29.8 Å². The van der Waals surface area contributed by atoms with Crippen LogP contribution in [0.5, 0.6) is 0 Å². The molecule has 0 radical (unpaired) electrons. The van der Waals surface area contributed by atoms with Crippen LogP contribution in [0, 0.1) is 104 Å². The third-order valence-electron chi connectivity index (χ3n) is 24.2. The smallest absolute Gasteiger partial charge is 0.344 e. The van der Waals surface area contributed by atoms with Crippen molar-refractivity contribution in [3.05, 3.63) is 0 Å². The van der Waals surface area contributed by atoms with E-state index in [0.717, 1.165) is 93.3 Å². The average molecular weight is 1180 g/mol. The van der Waals surface area contributed by atoms with Gasteiger partial charge < -0.3 is 37.9 Å². The lowest BCUT2D eigenvalue weighted by Crippen LogP contribution is -2.67. The average Bonchev–Trinajstić information content (AvgIpc) is 0.762. The predicted molar refractivity (Wildman–Crippen MR) is 327 cm³/mol. The second-order valence-electron chi connectivity index (χ2n) is 32.4. The molecule has 12 rings (SSSR count). The normalized spacial score (nSPS) is 34.5. The summed E-state index contributed by atoms with van der Waals surface area (Å²) in [4.78, 5) is 63.6. The van der Waals surface area contributed by atoms with Crippen molar-refractivity contribution in [3.8, 4) is 0 Å². The molecular weight excluding hydrogens is 1060 g/mol. The molecule has 13 nitrogen and oxygen atoms in total. The minimum atomic E-state index is -0.588. The first kappa shape index (κ1) is 68.7. The molecule has 482 valence electrons. The fourth-order valence-corrected chi connectivity index (χ4v) is 19.2.